The third-order valence-electron chi connectivity index (χ3n) is 5.11. The van der Waals surface area contributed by atoms with Crippen LogP contribution in [0, 0.1) is 5.41 Å². The zero-order chi connectivity index (χ0) is 30.4. The van der Waals surface area contributed by atoms with Crippen molar-refractivity contribution in [2.24, 2.45) is 5.41 Å². The Bertz CT molecular complexity index is 1230. The third-order valence-corrected chi connectivity index (χ3v) is 8.10. The fourth-order valence-electron chi connectivity index (χ4n) is 3.11. The van der Waals surface area contributed by atoms with E-state index in [-0.39, 0.29) is 10.9 Å². The van der Waals surface area contributed by atoms with E-state index in [1.807, 2.05) is 0 Å². The van der Waals surface area contributed by atoms with Crippen LogP contribution in [0.2, 0.25) is 0 Å². The maximum absolute atomic E-state index is 12.7. The van der Waals surface area contributed by atoms with Crippen LogP contribution in [0.1, 0.15) is 20.8 Å². The number of esters is 1. The summed E-state index contributed by atoms with van der Waals surface area (Å²) in [4.78, 5) is 15.4. The van der Waals surface area contributed by atoms with Crippen molar-refractivity contribution >= 4 is 27.0 Å². The van der Waals surface area contributed by atoms with Crippen molar-refractivity contribution in [3.8, 4) is 0 Å². The van der Waals surface area contributed by atoms with Crippen molar-refractivity contribution < 1.29 is 48.8 Å². The van der Waals surface area contributed by atoms with Gasteiger partial charge in [-0.05, 0) is 57.2 Å². The highest BCUT2D eigenvalue weighted by Crippen LogP contribution is 2.47. The molecule has 218 valence electrons. The highest BCUT2D eigenvalue weighted by molar-refractivity contribution is 7.97. The van der Waals surface area contributed by atoms with E-state index in [0.29, 0.717) is 0 Å². The summed E-state index contributed by atoms with van der Waals surface area (Å²) in [5.41, 5.74) is -7.20. The average molecular weight is 609 g/mol. The molecule has 0 saturated heterocycles. The van der Waals surface area contributed by atoms with E-state index < -0.39 is 45.2 Å². The van der Waals surface area contributed by atoms with Crippen LogP contribution in [0.4, 0.5) is 26.3 Å². The lowest BCUT2D eigenvalue weighted by molar-refractivity contribution is -0.363. The molecular weight excluding hydrogens is 582 g/mol. The Morgan fingerprint density at radius 2 is 1.00 bits per heavy atom. The number of rotatable bonds is 6. The summed E-state index contributed by atoms with van der Waals surface area (Å²) in [5, 5.41) is 0. The SMILES string of the molecule is CC(C)(C)C(=O)OC(CS(=O)(=O)[O-])(C(F)(F)F)C(F)(F)F.c1ccc([S+](c2ccccc2)c2ccccc2)cc1. The molecule has 0 spiro atoms. The van der Waals surface area contributed by atoms with E-state index in [2.05, 4.69) is 95.7 Å². The van der Waals surface area contributed by atoms with E-state index in [0.717, 1.165) is 20.8 Å². The van der Waals surface area contributed by atoms with Gasteiger partial charge in [0.15, 0.2) is 14.7 Å². The summed E-state index contributed by atoms with van der Waals surface area (Å²) in [6.45, 7) is 2.87. The molecule has 3 aromatic rings. The van der Waals surface area contributed by atoms with E-state index in [1.165, 1.54) is 14.7 Å². The van der Waals surface area contributed by atoms with Gasteiger partial charge in [0.25, 0.3) is 0 Å². The van der Waals surface area contributed by atoms with E-state index in [1.54, 1.807) is 0 Å². The second-order valence-corrected chi connectivity index (χ2v) is 12.8. The molecule has 0 unspecified atom stereocenters. The summed E-state index contributed by atoms with van der Waals surface area (Å²) in [7, 11) is -6.02. The van der Waals surface area contributed by atoms with Crippen LogP contribution in [-0.2, 0) is 30.5 Å². The summed E-state index contributed by atoms with van der Waals surface area (Å²) < 4.78 is 111. The van der Waals surface area contributed by atoms with Gasteiger partial charge in [0.1, 0.15) is 0 Å². The first-order valence-electron chi connectivity index (χ1n) is 11.5. The number of halogens is 6. The molecule has 0 atom stereocenters. The molecule has 40 heavy (non-hydrogen) atoms. The van der Waals surface area contributed by atoms with Crippen LogP contribution in [0.25, 0.3) is 0 Å². The minimum Gasteiger partial charge on any atom is -0.748 e. The zero-order valence-electron chi connectivity index (χ0n) is 21.5. The molecule has 3 aromatic carbocycles. The molecule has 0 amide bonds. The van der Waals surface area contributed by atoms with Gasteiger partial charge in [-0.2, -0.15) is 26.3 Å². The predicted molar refractivity (Wildman–Crippen MR) is 136 cm³/mol. The Morgan fingerprint density at radius 1 is 0.700 bits per heavy atom. The molecule has 0 aliphatic heterocycles. The lowest BCUT2D eigenvalue weighted by atomic mass is 9.96. The first-order valence-corrected chi connectivity index (χ1v) is 14.3. The first-order chi connectivity index (χ1) is 18.3. The summed E-state index contributed by atoms with van der Waals surface area (Å²) >= 11 is 0. The molecular formula is C27H26F6O5S2. The second kappa shape index (κ2) is 12.6. The Hall–Kier alpha value is -3.03. The minimum atomic E-state index is -6.34. The maximum atomic E-state index is 12.7. The number of alkyl halides is 6. The number of hydrogen-bond donors (Lipinski definition) is 0. The molecule has 0 saturated carbocycles. The van der Waals surface area contributed by atoms with Crippen molar-refractivity contribution in [1.29, 1.82) is 0 Å². The Morgan fingerprint density at radius 3 is 1.23 bits per heavy atom. The van der Waals surface area contributed by atoms with Gasteiger partial charge in [-0.1, -0.05) is 54.6 Å². The molecule has 0 aliphatic carbocycles. The van der Waals surface area contributed by atoms with Crippen molar-refractivity contribution in [3.63, 3.8) is 0 Å². The lowest BCUT2D eigenvalue weighted by Gasteiger charge is -2.38. The van der Waals surface area contributed by atoms with Crippen LogP contribution in [0.15, 0.2) is 106 Å². The maximum Gasteiger partial charge on any atom is 0.438 e. The van der Waals surface area contributed by atoms with Gasteiger partial charge in [-0.3, -0.25) is 4.79 Å². The number of benzene rings is 3. The fraction of sp³-hybridized carbons (Fsp3) is 0.296. The number of hydrogen-bond acceptors (Lipinski definition) is 5. The molecule has 0 fully saturated rings. The standard InChI is InChI=1S/C18H15S.C9H12F6O5S/c1-4-10-16(11-5-1)19(17-12-6-2-7-13-17)18-14-8-3-9-15-18;1-6(2,3)5(16)20-7(8(10,11)12,9(13,14)15)4-21(17,18)19/h1-15H;4H2,1-3H3,(H,17,18,19)/q+1;/p-1. The van der Waals surface area contributed by atoms with Crippen molar-refractivity contribution in [3.05, 3.63) is 91.0 Å². The van der Waals surface area contributed by atoms with Gasteiger partial charge < -0.3 is 9.29 Å². The van der Waals surface area contributed by atoms with E-state index in [9.17, 15) is 44.1 Å². The van der Waals surface area contributed by atoms with Gasteiger partial charge in [0.2, 0.25) is 0 Å². The van der Waals surface area contributed by atoms with Crippen LogP contribution < -0.4 is 0 Å². The van der Waals surface area contributed by atoms with Gasteiger partial charge in [0, 0.05) is 0 Å². The molecule has 3 rings (SSSR count). The zero-order valence-corrected chi connectivity index (χ0v) is 23.1. The molecule has 0 bridgehead atoms. The van der Waals surface area contributed by atoms with Crippen LogP contribution in [0.3, 0.4) is 0 Å². The van der Waals surface area contributed by atoms with Gasteiger partial charge in [-0.15, -0.1) is 0 Å². The van der Waals surface area contributed by atoms with Crippen LogP contribution in [-0.4, -0.2) is 42.6 Å². The number of ether oxygens (including phenoxy) is 1. The Kier molecular flexibility index (Phi) is 10.5. The topological polar surface area (TPSA) is 83.5 Å². The molecule has 0 radical (unpaired) electrons. The summed E-state index contributed by atoms with van der Waals surface area (Å²) in [6, 6.07) is 32.2. The lowest BCUT2D eigenvalue weighted by Crippen LogP contribution is -2.64. The average Bonchev–Trinajstić information content (AvgIpc) is 2.83. The molecule has 13 heteroatoms. The van der Waals surface area contributed by atoms with Gasteiger partial charge in [-0.25, -0.2) is 8.42 Å². The highest BCUT2D eigenvalue weighted by atomic mass is 32.2. The first kappa shape index (κ1) is 33.2. The largest absolute Gasteiger partial charge is 0.748 e. The Balaban J connectivity index is 0.000000281. The normalized spacial score (nSPS) is 12.9. The van der Waals surface area contributed by atoms with Crippen molar-refractivity contribution in [2.75, 3.05) is 5.75 Å². The molecule has 0 aromatic heterocycles. The van der Waals surface area contributed by atoms with Gasteiger partial charge >= 0.3 is 23.9 Å². The van der Waals surface area contributed by atoms with Crippen molar-refractivity contribution in [1.82, 2.24) is 0 Å². The third kappa shape index (κ3) is 8.73. The smallest absolute Gasteiger partial charge is 0.438 e. The van der Waals surface area contributed by atoms with Crippen LogP contribution in [0.5, 0.6) is 0 Å². The quantitative estimate of drug-likeness (QED) is 0.134. The summed E-state index contributed by atoms with van der Waals surface area (Å²) in [5.74, 6) is -4.95. The number of carbonyl (C=O) groups is 1. The predicted octanol–water partition coefficient (Wildman–Crippen LogP) is 6.77. The monoisotopic (exact) mass is 608 g/mol. The second-order valence-electron chi connectivity index (χ2n) is 9.41. The van der Waals surface area contributed by atoms with E-state index in [4.69, 9.17) is 0 Å². The van der Waals surface area contributed by atoms with Crippen LogP contribution >= 0.6 is 0 Å². The Labute approximate surface area is 231 Å². The molecule has 0 N–H and O–H groups in total. The minimum absolute atomic E-state index is 0.0146. The number of carbonyl (C=O) groups excluding carboxylic acids is 1. The molecule has 5 nitrogen and oxygen atoms in total. The highest BCUT2D eigenvalue weighted by Gasteiger charge is 2.75. The molecule has 0 heterocycles. The molecule has 0 aliphatic rings. The van der Waals surface area contributed by atoms with Gasteiger partial charge in [0.05, 0.1) is 32.2 Å². The van der Waals surface area contributed by atoms with Crippen molar-refractivity contribution in [2.45, 2.75) is 53.4 Å². The summed E-state index contributed by atoms with van der Waals surface area (Å²) in [6.07, 6.45) is -12.7. The van der Waals surface area contributed by atoms with E-state index >= 15 is 0 Å². The fourth-order valence-corrected chi connectivity index (χ4v) is 6.10.